The molecule has 3 rings (SSSR count). The topological polar surface area (TPSA) is 105 Å². The standard InChI is InChI=1S/C23H35N3O6S/c1-4-17(5-2)23(28)25-10-8-18(9-11-25)24-22(27)20-16-19(6-7-21(20)31-3)33(29,30)26-12-14-32-15-13-26/h6-7,16-18H,4-5,8-15H2,1-3H3,(H,24,27). The summed E-state index contributed by atoms with van der Waals surface area (Å²) >= 11 is 0. The van der Waals surface area contributed by atoms with Gasteiger partial charge >= 0.3 is 0 Å². The predicted octanol–water partition coefficient (Wildman–Crippen LogP) is 1.87. The van der Waals surface area contributed by atoms with Gasteiger partial charge in [0.1, 0.15) is 5.75 Å². The van der Waals surface area contributed by atoms with Crippen LogP contribution in [0.2, 0.25) is 0 Å². The maximum atomic E-state index is 13.1. The molecule has 1 aromatic carbocycles. The van der Waals surface area contributed by atoms with Crippen LogP contribution in [0.25, 0.3) is 0 Å². The van der Waals surface area contributed by atoms with Crippen LogP contribution in [0.5, 0.6) is 5.75 Å². The molecular formula is C23H35N3O6S. The lowest BCUT2D eigenvalue weighted by molar-refractivity contribution is -0.136. The van der Waals surface area contributed by atoms with Gasteiger partial charge < -0.3 is 19.7 Å². The molecule has 10 heteroatoms. The number of amides is 2. The number of morpholine rings is 1. The van der Waals surface area contributed by atoms with E-state index in [1.54, 1.807) is 0 Å². The van der Waals surface area contributed by atoms with Crippen molar-refractivity contribution in [1.82, 2.24) is 14.5 Å². The molecule has 184 valence electrons. The SMILES string of the molecule is CCC(CC)C(=O)N1CCC(NC(=O)c2cc(S(=O)(=O)N3CCOCC3)ccc2OC)CC1. The number of piperidine rings is 1. The van der Waals surface area contributed by atoms with Gasteiger partial charge in [0.05, 0.1) is 30.8 Å². The maximum absolute atomic E-state index is 13.1. The normalized spacial score (nSPS) is 18.4. The monoisotopic (exact) mass is 481 g/mol. The zero-order valence-corrected chi connectivity index (χ0v) is 20.5. The first-order valence-electron chi connectivity index (χ1n) is 11.7. The number of sulfonamides is 1. The van der Waals surface area contributed by atoms with E-state index in [2.05, 4.69) is 5.32 Å². The molecule has 0 radical (unpaired) electrons. The summed E-state index contributed by atoms with van der Waals surface area (Å²) in [5.41, 5.74) is 0.183. The fourth-order valence-electron chi connectivity index (χ4n) is 4.36. The minimum atomic E-state index is -3.73. The zero-order valence-electron chi connectivity index (χ0n) is 19.7. The first kappa shape index (κ1) is 25.5. The molecule has 2 aliphatic heterocycles. The molecular weight excluding hydrogens is 446 g/mol. The largest absolute Gasteiger partial charge is 0.496 e. The average Bonchev–Trinajstić information content (AvgIpc) is 2.85. The first-order chi connectivity index (χ1) is 15.8. The molecule has 0 unspecified atom stereocenters. The van der Waals surface area contributed by atoms with Crippen molar-refractivity contribution in [2.24, 2.45) is 5.92 Å². The van der Waals surface area contributed by atoms with Crippen molar-refractivity contribution in [3.8, 4) is 5.75 Å². The van der Waals surface area contributed by atoms with E-state index in [1.807, 2.05) is 18.7 Å². The predicted molar refractivity (Wildman–Crippen MR) is 124 cm³/mol. The summed E-state index contributed by atoms with van der Waals surface area (Å²) in [4.78, 5) is 27.6. The summed E-state index contributed by atoms with van der Waals surface area (Å²) in [6.07, 6.45) is 2.97. The summed E-state index contributed by atoms with van der Waals surface area (Å²) in [7, 11) is -2.28. The van der Waals surface area contributed by atoms with E-state index in [1.165, 1.54) is 29.6 Å². The minimum absolute atomic E-state index is 0.0524. The minimum Gasteiger partial charge on any atom is -0.496 e. The number of benzene rings is 1. The Morgan fingerprint density at radius 3 is 2.33 bits per heavy atom. The van der Waals surface area contributed by atoms with Crippen LogP contribution in [-0.2, 0) is 19.6 Å². The molecule has 2 fully saturated rings. The van der Waals surface area contributed by atoms with Crippen molar-refractivity contribution in [3.63, 3.8) is 0 Å². The van der Waals surface area contributed by atoms with Crippen LogP contribution in [0.3, 0.4) is 0 Å². The fourth-order valence-corrected chi connectivity index (χ4v) is 5.80. The molecule has 0 aromatic heterocycles. The van der Waals surface area contributed by atoms with Crippen LogP contribution in [0, 0.1) is 5.92 Å². The van der Waals surface area contributed by atoms with Gasteiger partial charge in [0.15, 0.2) is 0 Å². The Morgan fingerprint density at radius 2 is 1.76 bits per heavy atom. The number of rotatable bonds is 8. The second kappa shape index (κ2) is 11.3. The number of nitrogens with zero attached hydrogens (tertiary/aromatic N) is 2. The Bertz CT molecular complexity index is 934. The maximum Gasteiger partial charge on any atom is 0.255 e. The van der Waals surface area contributed by atoms with E-state index in [-0.39, 0.29) is 47.3 Å². The lowest BCUT2D eigenvalue weighted by Crippen LogP contribution is -2.48. The van der Waals surface area contributed by atoms with Gasteiger partial charge in [0.2, 0.25) is 15.9 Å². The quantitative estimate of drug-likeness (QED) is 0.608. The molecule has 2 aliphatic rings. The van der Waals surface area contributed by atoms with Gasteiger partial charge in [-0.25, -0.2) is 8.42 Å². The van der Waals surface area contributed by atoms with Crippen LogP contribution in [0.4, 0.5) is 0 Å². The van der Waals surface area contributed by atoms with Crippen LogP contribution < -0.4 is 10.1 Å². The van der Waals surface area contributed by atoms with Gasteiger partial charge in [-0.2, -0.15) is 4.31 Å². The average molecular weight is 482 g/mol. The van der Waals surface area contributed by atoms with Gasteiger partial charge in [-0.1, -0.05) is 13.8 Å². The first-order valence-corrected chi connectivity index (χ1v) is 13.1. The number of ether oxygens (including phenoxy) is 2. The Hall–Kier alpha value is -2.17. The van der Waals surface area contributed by atoms with Crippen LogP contribution in [-0.4, -0.2) is 82.0 Å². The molecule has 0 saturated carbocycles. The highest BCUT2D eigenvalue weighted by Crippen LogP contribution is 2.26. The van der Waals surface area contributed by atoms with Crippen LogP contribution in [0.1, 0.15) is 49.9 Å². The third-order valence-corrected chi connectivity index (χ3v) is 8.39. The summed E-state index contributed by atoms with van der Waals surface area (Å²) in [6.45, 7) is 6.52. The number of likely N-dealkylation sites (tertiary alicyclic amines) is 1. The molecule has 0 spiro atoms. The lowest BCUT2D eigenvalue weighted by atomic mass is 9.98. The van der Waals surface area contributed by atoms with Gasteiger partial charge in [0.25, 0.3) is 5.91 Å². The molecule has 1 aromatic rings. The Balaban J connectivity index is 1.68. The molecule has 2 amide bonds. The van der Waals surface area contributed by atoms with Crippen molar-refractivity contribution in [2.45, 2.75) is 50.5 Å². The van der Waals surface area contributed by atoms with E-state index >= 15 is 0 Å². The third kappa shape index (κ3) is 5.85. The Kier molecular flexibility index (Phi) is 8.72. The molecule has 2 heterocycles. The lowest BCUT2D eigenvalue weighted by Gasteiger charge is -2.34. The second-order valence-electron chi connectivity index (χ2n) is 8.46. The summed E-state index contributed by atoms with van der Waals surface area (Å²) in [5.74, 6) is 0.175. The number of nitrogens with one attached hydrogen (secondary N) is 1. The summed E-state index contributed by atoms with van der Waals surface area (Å²) in [5, 5.41) is 3.00. The van der Waals surface area contributed by atoms with E-state index in [9.17, 15) is 18.0 Å². The van der Waals surface area contributed by atoms with E-state index in [4.69, 9.17) is 9.47 Å². The molecule has 33 heavy (non-hydrogen) atoms. The highest BCUT2D eigenvalue weighted by Gasteiger charge is 2.30. The van der Waals surface area contributed by atoms with Gasteiger partial charge in [-0.3, -0.25) is 9.59 Å². The third-order valence-electron chi connectivity index (χ3n) is 6.50. The summed E-state index contributed by atoms with van der Waals surface area (Å²) < 4.78 is 38.0. The number of hydrogen-bond acceptors (Lipinski definition) is 6. The molecule has 0 bridgehead atoms. The van der Waals surface area contributed by atoms with Gasteiger partial charge in [0, 0.05) is 38.1 Å². The molecule has 2 saturated heterocycles. The van der Waals surface area contributed by atoms with Gasteiger partial charge in [-0.15, -0.1) is 0 Å². The molecule has 9 nitrogen and oxygen atoms in total. The molecule has 0 atom stereocenters. The zero-order chi connectivity index (χ0) is 24.0. The highest BCUT2D eigenvalue weighted by molar-refractivity contribution is 7.89. The van der Waals surface area contributed by atoms with Gasteiger partial charge in [-0.05, 0) is 43.9 Å². The van der Waals surface area contributed by atoms with Crippen LogP contribution in [0.15, 0.2) is 23.1 Å². The van der Waals surface area contributed by atoms with E-state index in [0.29, 0.717) is 44.9 Å². The number of methoxy groups -OCH3 is 1. The van der Waals surface area contributed by atoms with Crippen LogP contribution >= 0.6 is 0 Å². The fraction of sp³-hybridized carbons (Fsp3) is 0.652. The van der Waals surface area contributed by atoms with Crippen molar-refractivity contribution >= 4 is 21.8 Å². The van der Waals surface area contributed by atoms with E-state index in [0.717, 1.165) is 12.8 Å². The van der Waals surface area contributed by atoms with E-state index < -0.39 is 10.0 Å². The van der Waals surface area contributed by atoms with Crippen molar-refractivity contribution < 1.29 is 27.5 Å². The number of carbonyl (C=O) groups is 2. The number of carbonyl (C=O) groups excluding carboxylic acids is 2. The summed E-state index contributed by atoms with van der Waals surface area (Å²) in [6, 6.07) is 4.26. The van der Waals surface area contributed by atoms with Crippen molar-refractivity contribution in [1.29, 1.82) is 0 Å². The molecule has 0 aliphatic carbocycles. The highest BCUT2D eigenvalue weighted by atomic mass is 32.2. The van der Waals surface area contributed by atoms with Crippen molar-refractivity contribution in [3.05, 3.63) is 23.8 Å². The Morgan fingerprint density at radius 1 is 1.12 bits per heavy atom. The Labute approximate surface area is 196 Å². The smallest absolute Gasteiger partial charge is 0.255 e. The van der Waals surface area contributed by atoms with Crippen molar-refractivity contribution in [2.75, 3.05) is 46.5 Å². The second-order valence-corrected chi connectivity index (χ2v) is 10.4. The number of hydrogen-bond donors (Lipinski definition) is 1. The molecule has 1 N–H and O–H groups in total.